The predicted octanol–water partition coefficient (Wildman–Crippen LogP) is 2.99. The molecule has 2 rings (SSSR count). The molecule has 4 nitrogen and oxygen atoms in total. The van der Waals surface area contributed by atoms with E-state index in [2.05, 4.69) is 15.3 Å². The molecule has 0 aliphatic rings. The standard InChI is InChI=1S/C15H21FN4.HI/c1-4-17-15(20(2)3)18-8-7-11-10-19-14-6-5-12(16)9-13(11)14;/h5-6,9-10,19H,4,7-8H2,1-3H3,(H,17,18);1H. The Morgan fingerprint density at radius 3 is 2.81 bits per heavy atom. The first kappa shape index (κ1) is 17.7. The first-order valence-electron chi connectivity index (χ1n) is 6.83. The fourth-order valence-corrected chi connectivity index (χ4v) is 2.15. The molecule has 1 aromatic carbocycles. The number of aliphatic imine (C=N–C) groups is 1. The number of nitrogens with one attached hydrogen (secondary N) is 2. The molecule has 1 aromatic heterocycles. The summed E-state index contributed by atoms with van der Waals surface area (Å²) < 4.78 is 13.3. The number of benzene rings is 1. The van der Waals surface area contributed by atoms with Crippen LogP contribution in [-0.4, -0.2) is 43.0 Å². The highest BCUT2D eigenvalue weighted by Crippen LogP contribution is 2.19. The Bertz CT molecular complexity index is 607. The van der Waals surface area contributed by atoms with Gasteiger partial charge in [0.15, 0.2) is 5.96 Å². The summed E-state index contributed by atoms with van der Waals surface area (Å²) in [6.07, 6.45) is 2.72. The molecule has 0 radical (unpaired) electrons. The highest BCUT2D eigenvalue weighted by Gasteiger charge is 2.05. The fraction of sp³-hybridized carbons (Fsp3) is 0.400. The van der Waals surface area contributed by atoms with E-state index in [1.54, 1.807) is 12.1 Å². The molecule has 21 heavy (non-hydrogen) atoms. The summed E-state index contributed by atoms with van der Waals surface area (Å²) in [4.78, 5) is 9.66. The zero-order valence-electron chi connectivity index (χ0n) is 12.6. The number of fused-ring (bicyclic) bond motifs is 1. The van der Waals surface area contributed by atoms with Crippen LogP contribution >= 0.6 is 24.0 Å². The van der Waals surface area contributed by atoms with Crippen LogP contribution in [0.5, 0.6) is 0 Å². The van der Waals surface area contributed by atoms with Gasteiger partial charge in [-0.25, -0.2) is 4.39 Å². The lowest BCUT2D eigenvalue weighted by Crippen LogP contribution is -2.36. The van der Waals surface area contributed by atoms with Crippen LogP contribution in [0.1, 0.15) is 12.5 Å². The number of hydrogen-bond donors (Lipinski definition) is 2. The minimum absolute atomic E-state index is 0. The average Bonchev–Trinajstić information content (AvgIpc) is 2.80. The number of halogens is 2. The Labute approximate surface area is 141 Å². The van der Waals surface area contributed by atoms with Crippen molar-refractivity contribution in [3.63, 3.8) is 0 Å². The van der Waals surface area contributed by atoms with Crippen molar-refractivity contribution in [3.05, 3.63) is 35.8 Å². The molecule has 0 bridgehead atoms. The Morgan fingerprint density at radius 1 is 1.38 bits per heavy atom. The number of nitrogens with zero attached hydrogens (tertiary/aromatic N) is 2. The number of hydrogen-bond acceptors (Lipinski definition) is 1. The third-order valence-electron chi connectivity index (χ3n) is 3.13. The molecular weight excluding hydrogens is 382 g/mol. The minimum Gasteiger partial charge on any atom is -0.361 e. The monoisotopic (exact) mass is 404 g/mol. The van der Waals surface area contributed by atoms with Crippen molar-refractivity contribution in [2.24, 2.45) is 4.99 Å². The third kappa shape index (κ3) is 4.59. The van der Waals surface area contributed by atoms with Crippen molar-refractivity contribution >= 4 is 40.8 Å². The third-order valence-corrected chi connectivity index (χ3v) is 3.13. The Kier molecular flexibility index (Phi) is 6.94. The van der Waals surface area contributed by atoms with E-state index in [1.807, 2.05) is 32.1 Å². The van der Waals surface area contributed by atoms with Crippen molar-refractivity contribution in [1.82, 2.24) is 15.2 Å². The van der Waals surface area contributed by atoms with E-state index in [9.17, 15) is 4.39 Å². The van der Waals surface area contributed by atoms with Crippen LogP contribution < -0.4 is 5.32 Å². The predicted molar refractivity (Wildman–Crippen MR) is 97.0 cm³/mol. The van der Waals surface area contributed by atoms with E-state index >= 15 is 0 Å². The maximum Gasteiger partial charge on any atom is 0.193 e. The molecular formula is C15H22FIN4. The van der Waals surface area contributed by atoms with E-state index in [1.165, 1.54) is 6.07 Å². The summed E-state index contributed by atoms with van der Waals surface area (Å²) in [7, 11) is 3.92. The lowest BCUT2D eigenvalue weighted by atomic mass is 10.1. The Balaban J connectivity index is 0.00000220. The number of H-pyrrole nitrogens is 1. The summed E-state index contributed by atoms with van der Waals surface area (Å²) in [5.41, 5.74) is 2.06. The van der Waals surface area contributed by atoms with E-state index in [0.717, 1.165) is 35.4 Å². The van der Waals surface area contributed by atoms with Crippen molar-refractivity contribution in [1.29, 1.82) is 0 Å². The van der Waals surface area contributed by atoms with Crippen molar-refractivity contribution in [2.45, 2.75) is 13.3 Å². The molecule has 0 unspecified atom stereocenters. The van der Waals surface area contributed by atoms with Crippen molar-refractivity contribution in [3.8, 4) is 0 Å². The molecule has 116 valence electrons. The van der Waals surface area contributed by atoms with Crippen molar-refractivity contribution in [2.75, 3.05) is 27.2 Å². The Hall–Kier alpha value is -1.31. The zero-order chi connectivity index (χ0) is 14.5. The van der Waals surface area contributed by atoms with Gasteiger partial charge < -0.3 is 15.2 Å². The lowest BCUT2D eigenvalue weighted by molar-refractivity contribution is 0.583. The van der Waals surface area contributed by atoms with Gasteiger partial charge >= 0.3 is 0 Å². The first-order valence-corrected chi connectivity index (χ1v) is 6.83. The van der Waals surface area contributed by atoms with Crippen LogP contribution in [0, 0.1) is 5.82 Å². The Morgan fingerprint density at radius 2 is 2.14 bits per heavy atom. The number of aromatic amines is 1. The molecule has 0 aliphatic carbocycles. The van der Waals surface area contributed by atoms with Gasteiger partial charge in [0.2, 0.25) is 0 Å². The number of guanidine groups is 1. The van der Waals surface area contributed by atoms with Gasteiger partial charge in [-0.2, -0.15) is 0 Å². The average molecular weight is 404 g/mol. The van der Waals surface area contributed by atoms with Gasteiger partial charge in [-0.15, -0.1) is 24.0 Å². The summed E-state index contributed by atoms with van der Waals surface area (Å²) >= 11 is 0. The van der Waals surface area contributed by atoms with Gasteiger partial charge in [0.25, 0.3) is 0 Å². The van der Waals surface area contributed by atoms with Gasteiger partial charge in [-0.3, -0.25) is 4.99 Å². The van der Waals surface area contributed by atoms with Crippen LogP contribution in [0.15, 0.2) is 29.4 Å². The van der Waals surface area contributed by atoms with Gasteiger partial charge in [0.05, 0.1) is 0 Å². The smallest absolute Gasteiger partial charge is 0.193 e. The zero-order valence-corrected chi connectivity index (χ0v) is 14.9. The van der Waals surface area contributed by atoms with Crippen molar-refractivity contribution < 1.29 is 4.39 Å². The van der Waals surface area contributed by atoms with Crippen LogP contribution in [0.25, 0.3) is 10.9 Å². The maximum atomic E-state index is 13.3. The highest BCUT2D eigenvalue weighted by atomic mass is 127. The molecule has 0 aliphatic heterocycles. The van der Waals surface area contributed by atoms with E-state index in [4.69, 9.17) is 0 Å². The van der Waals surface area contributed by atoms with Crippen LogP contribution in [0.2, 0.25) is 0 Å². The topological polar surface area (TPSA) is 43.4 Å². The summed E-state index contributed by atoms with van der Waals surface area (Å²) in [5, 5.41) is 4.16. The quantitative estimate of drug-likeness (QED) is 0.468. The summed E-state index contributed by atoms with van der Waals surface area (Å²) in [6, 6.07) is 4.80. The van der Waals surface area contributed by atoms with Crippen LogP contribution in [-0.2, 0) is 6.42 Å². The molecule has 0 saturated carbocycles. The number of rotatable bonds is 4. The van der Waals surface area contributed by atoms with Crippen LogP contribution in [0.4, 0.5) is 4.39 Å². The maximum absolute atomic E-state index is 13.3. The molecule has 2 aromatic rings. The molecule has 6 heteroatoms. The van der Waals surface area contributed by atoms with Gasteiger partial charge in [-0.1, -0.05) is 0 Å². The molecule has 0 atom stereocenters. The minimum atomic E-state index is -0.205. The first-order chi connectivity index (χ1) is 9.61. The SMILES string of the molecule is CCNC(=NCCc1c[nH]c2ccc(F)cc12)N(C)C.I. The van der Waals surface area contributed by atoms with E-state index < -0.39 is 0 Å². The highest BCUT2D eigenvalue weighted by molar-refractivity contribution is 14.0. The second kappa shape index (κ2) is 8.21. The second-order valence-corrected chi connectivity index (χ2v) is 4.88. The molecule has 0 spiro atoms. The largest absolute Gasteiger partial charge is 0.361 e. The van der Waals surface area contributed by atoms with E-state index in [0.29, 0.717) is 6.54 Å². The fourth-order valence-electron chi connectivity index (χ4n) is 2.15. The van der Waals surface area contributed by atoms with E-state index in [-0.39, 0.29) is 29.8 Å². The van der Waals surface area contributed by atoms with Gasteiger partial charge in [0.1, 0.15) is 5.82 Å². The lowest BCUT2D eigenvalue weighted by Gasteiger charge is -2.16. The van der Waals surface area contributed by atoms with Gasteiger partial charge in [0, 0.05) is 44.3 Å². The second-order valence-electron chi connectivity index (χ2n) is 4.88. The number of aromatic nitrogens is 1. The molecule has 0 amide bonds. The summed E-state index contributed by atoms with van der Waals surface area (Å²) in [5.74, 6) is 0.669. The molecule has 2 N–H and O–H groups in total. The molecule has 1 heterocycles. The van der Waals surface area contributed by atoms with Gasteiger partial charge in [-0.05, 0) is 37.1 Å². The van der Waals surface area contributed by atoms with Crippen LogP contribution in [0.3, 0.4) is 0 Å². The summed E-state index contributed by atoms with van der Waals surface area (Å²) in [6.45, 7) is 3.56. The normalized spacial score (nSPS) is 11.3. The molecule has 0 fully saturated rings. The molecule has 0 saturated heterocycles.